The number of nitrogens with zero attached hydrogens (tertiary/aromatic N) is 3. The van der Waals surface area contributed by atoms with Gasteiger partial charge in [-0.25, -0.2) is 22.5 Å². The molecule has 0 bridgehead atoms. The number of anilines is 1. The third-order valence-electron chi connectivity index (χ3n) is 4.29. The zero-order valence-electron chi connectivity index (χ0n) is 14.1. The van der Waals surface area contributed by atoms with E-state index >= 15 is 0 Å². The number of carbonyl (C=O) groups excluding carboxylic acids is 1. The van der Waals surface area contributed by atoms with E-state index in [-0.39, 0.29) is 23.6 Å². The largest absolute Gasteiger partial charge is 0.321 e. The maximum atomic E-state index is 13.0. The van der Waals surface area contributed by atoms with Crippen LogP contribution in [0.4, 0.5) is 10.1 Å². The predicted molar refractivity (Wildman–Crippen MR) is 96.9 cm³/mol. The monoisotopic (exact) mass is 386 g/mol. The van der Waals surface area contributed by atoms with E-state index in [1.54, 1.807) is 24.4 Å². The summed E-state index contributed by atoms with van der Waals surface area (Å²) < 4.78 is 38.8. The molecule has 4 rings (SSSR count). The number of sulfone groups is 1. The number of fused-ring (bicyclic) bond motifs is 1. The van der Waals surface area contributed by atoms with Crippen LogP contribution in [0.1, 0.15) is 21.7 Å². The number of carbonyl (C=O) groups is 1. The van der Waals surface area contributed by atoms with Crippen molar-refractivity contribution in [3.05, 3.63) is 71.4 Å². The van der Waals surface area contributed by atoms with Crippen LogP contribution in [0.2, 0.25) is 0 Å². The molecule has 0 saturated carbocycles. The summed E-state index contributed by atoms with van der Waals surface area (Å²) in [6, 6.07) is 10.6. The Morgan fingerprint density at radius 2 is 1.93 bits per heavy atom. The molecule has 0 saturated heterocycles. The molecule has 0 atom stereocenters. The van der Waals surface area contributed by atoms with Crippen LogP contribution in [-0.2, 0) is 22.0 Å². The Kier molecular flexibility index (Phi) is 4.23. The smallest absolute Gasteiger partial charge is 0.276 e. The summed E-state index contributed by atoms with van der Waals surface area (Å²) in [5.74, 6) is -0.715. The topological polar surface area (TPSA) is 93.9 Å². The van der Waals surface area contributed by atoms with Crippen LogP contribution < -0.4 is 5.32 Å². The lowest BCUT2D eigenvalue weighted by atomic mass is 10.1. The maximum absolute atomic E-state index is 13.0. The average molecular weight is 386 g/mol. The molecule has 138 valence electrons. The quantitative estimate of drug-likeness (QED) is 0.744. The normalized spacial score (nSPS) is 15.1. The third-order valence-corrected chi connectivity index (χ3v) is 5.84. The van der Waals surface area contributed by atoms with Gasteiger partial charge < -0.3 is 5.32 Å². The number of hydrogen-bond donors (Lipinski definition) is 1. The second-order valence-corrected chi connectivity index (χ2v) is 8.36. The van der Waals surface area contributed by atoms with Crippen molar-refractivity contribution < 1.29 is 17.6 Å². The Balaban J connectivity index is 1.77. The summed E-state index contributed by atoms with van der Waals surface area (Å²) in [6.45, 7) is 0. The zero-order valence-corrected chi connectivity index (χ0v) is 14.9. The molecule has 7 nitrogen and oxygen atoms in total. The number of aromatic nitrogens is 3. The van der Waals surface area contributed by atoms with Crippen molar-refractivity contribution in [3.63, 3.8) is 0 Å². The van der Waals surface area contributed by atoms with Crippen molar-refractivity contribution in [1.82, 2.24) is 14.8 Å². The average Bonchev–Trinajstić information content (AvgIpc) is 3.02. The van der Waals surface area contributed by atoms with Gasteiger partial charge in [0.1, 0.15) is 5.82 Å². The minimum atomic E-state index is -3.30. The van der Waals surface area contributed by atoms with Crippen molar-refractivity contribution in [3.8, 4) is 5.82 Å². The van der Waals surface area contributed by atoms with Gasteiger partial charge >= 0.3 is 0 Å². The third kappa shape index (κ3) is 3.45. The van der Waals surface area contributed by atoms with Gasteiger partial charge in [-0.2, -0.15) is 5.10 Å². The molecule has 0 aliphatic carbocycles. The van der Waals surface area contributed by atoms with Crippen molar-refractivity contribution in [2.45, 2.75) is 12.2 Å². The number of halogens is 1. The van der Waals surface area contributed by atoms with Gasteiger partial charge in [0, 0.05) is 23.9 Å². The SMILES string of the molecule is O=C(Nc1ccc(F)cc1)c1nn(-c2ccccn2)c2c1CS(=O)(=O)CC2. The number of nitrogens with one attached hydrogen (secondary N) is 1. The summed E-state index contributed by atoms with van der Waals surface area (Å²) in [5.41, 5.74) is 1.46. The standard InChI is InChI=1S/C18H15FN4O3S/c19-12-4-6-13(7-5-12)21-18(24)17-14-11-27(25,26)10-8-15(14)23(22-17)16-3-1-2-9-20-16/h1-7,9H,8,10-11H2,(H,21,24). The van der Waals surface area contributed by atoms with Gasteiger partial charge in [0.05, 0.1) is 17.2 Å². The van der Waals surface area contributed by atoms with Crippen LogP contribution in [0.5, 0.6) is 0 Å². The lowest BCUT2D eigenvalue weighted by Gasteiger charge is -2.14. The van der Waals surface area contributed by atoms with Gasteiger partial charge in [0.2, 0.25) is 0 Å². The summed E-state index contributed by atoms with van der Waals surface area (Å²) in [5, 5.41) is 6.98. The van der Waals surface area contributed by atoms with Gasteiger partial charge in [-0.15, -0.1) is 0 Å². The van der Waals surface area contributed by atoms with Gasteiger partial charge in [-0.1, -0.05) is 6.07 Å². The Bertz CT molecular complexity index is 1110. The molecule has 1 aliphatic rings. The Labute approximate surface area is 154 Å². The highest BCUT2D eigenvalue weighted by molar-refractivity contribution is 7.90. The van der Waals surface area contributed by atoms with Crippen molar-refractivity contribution in [2.24, 2.45) is 0 Å². The molecule has 1 amide bonds. The second kappa shape index (κ2) is 6.58. The lowest BCUT2D eigenvalue weighted by Crippen LogP contribution is -2.22. The fourth-order valence-corrected chi connectivity index (χ4v) is 4.40. The molecule has 9 heteroatoms. The van der Waals surface area contributed by atoms with Crippen molar-refractivity contribution in [1.29, 1.82) is 0 Å². The molecular formula is C18H15FN4O3S. The van der Waals surface area contributed by atoms with Gasteiger partial charge in [-0.3, -0.25) is 4.79 Å². The number of rotatable bonds is 3. The molecule has 27 heavy (non-hydrogen) atoms. The number of pyridine rings is 1. The van der Waals surface area contributed by atoms with Crippen molar-refractivity contribution in [2.75, 3.05) is 11.1 Å². The predicted octanol–water partition coefficient (Wildman–Crippen LogP) is 2.13. The van der Waals surface area contributed by atoms with Crippen LogP contribution in [0, 0.1) is 5.82 Å². The number of hydrogen-bond acceptors (Lipinski definition) is 5. The van der Waals surface area contributed by atoms with E-state index in [2.05, 4.69) is 15.4 Å². The fourth-order valence-electron chi connectivity index (χ4n) is 3.01. The van der Waals surface area contributed by atoms with Crippen molar-refractivity contribution >= 4 is 21.4 Å². The highest BCUT2D eigenvalue weighted by atomic mass is 32.2. The number of benzene rings is 1. The Morgan fingerprint density at radius 1 is 1.15 bits per heavy atom. The summed E-state index contributed by atoms with van der Waals surface area (Å²) in [7, 11) is -3.30. The van der Waals surface area contributed by atoms with Crippen LogP contribution in [-0.4, -0.2) is 34.8 Å². The first-order chi connectivity index (χ1) is 12.9. The minimum absolute atomic E-state index is 0.00243. The molecule has 1 N–H and O–H groups in total. The molecular weight excluding hydrogens is 371 g/mol. The molecule has 3 heterocycles. The van der Waals surface area contributed by atoms with Crippen LogP contribution >= 0.6 is 0 Å². The first-order valence-corrected chi connectivity index (χ1v) is 10.0. The molecule has 0 spiro atoms. The molecule has 0 fully saturated rings. The minimum Gasteiger partial charge on any atom is -0.321 e. The highest BCUT2D eigenvalue weighted by Gasteiger charge is 2.32. The van der Waals surface area contributed by atoms with Gasteiger partial charge in [-0.05, 0) is 36.4 Å². The van der Waals surface area contributed by atoms with E-state index in [1.165, 1.54) is 28.9 Å². The van der Waals surface area contributed by atoms with E-state index in [9.17, 15) is 17.6 Å². The summed E-state index contributed by atoms with van der Waals surface area (Å²) in [6.07, 6.45) is 1.85. The highest BCUT2D eigenvalue weighted by Crippen LogP contribution is 2.27. The maximum Gasteiger partial charge on any atom is 0.276 e. The number of amides is 1. The lowest BCUT2D eigenvalue weighted by molar-refractivity contribution is 0.102. The fraction of sp³-hybridized carbons (Fsp3) is 0.167. The summed E-state index contributed by atoms with van der Waals surface area (Å²) in [4.78, 5) is 17.0. The second-order valence-electron chi connectivity index (χ2n) is 6.18. The van der Waals surface area contributed by atoms with E-state index in [1.807, 2.05) is 0 Å². The van der Waals surface area contributed by atoms with Crippen LogP contribution in [0.3, 0.4) is 0 Å². The Morgan fingerprint density at radius 3 is 2.63 bits per heavy atom. The molecule has 1 aromatic carbocycles. The van der Waals surface area contributed by atoms with Gasteiger partial charge in [0.15, 0.2) is 21.3 Å². The first kappa shape index (κ1) is 17.3. The molecule has 0 unspecified atom stereocenters. The molecule has 0 radical (unpaired) electrons. The molecule has 1 aliphatic heterocycles. The molecule has 3 aromatic rings. The Hall–Kier alpha value is -3.07. The van der Waals surface area contributed by atoms with E-state index in [4.69, 9.17) is 0 Å². The van der Waals surface area contributed by atoms with Crippen LogP contribution in [0.25, 0.3) is 5.82 Å². The van der Waals surface area contributed by atoms with Crippen LogP contribution in [0.15, 0.2) is 48.7 Å². The molecule has 2 aromatic heterocycles. The first-order valence-electron chi connectivity index (χ1n) is 8.22. The van der Waals surface area contributed by atoms with E-state index < -0.39 is 21.6 Å². The van der Waals surface area contributed by atoms with E-state index in [0.29, 0.717) is 22.8 Å². The summed E-state index contributed by atoms with van der Waals surface area (Å²) >= 11 is 0. The van der Waals surface area contributed by atoms with E-state index in [0.717, 1.165) is 0 Å². The van der Waals surface area contributed by atoms with Gasteiger partial charge in [0.25, 0.3) is 5.91 Å². The zero-order chi connectivity index (χ0) is 19.0.